The lowest BCUT2D eigenvalue weighted by Gasteiger charge is -2.12. The van der Waals surface area contributed by atoms with E-state index < -0.39 is 11.5 Å². The lowest BCUT2D eigenvalue weighted by molar-refractivity contribution is -0.145. The Hall–Kier alpha value is -0.560. The largest absolute Gasteiger partial charge is 0.463 e. The number of halogens is 1. The molecule has 0 aromatic heterocycles. The molecule has 0 saturated heterocycles. The number of hydrogen-bond acceptors (Lipinski definition) is 2. The van der Waals surface area contributed by atoms with Crippen LogP contribution in [0.3, 0.4) is 0 Å². The Balaban J connectivity index is 4.26. The number of alkyl halides is 1. The molecular formula is C8H12BrNO2. The monoisotopic (exact) mass is 233 g/mol. The molecule has 0 bridgehead atoms. The van der Waals surface area contributed by atoms with Crippen LogP contribution in [0.4, 0.5) is 0 Å². The van der Waals surface area contributed by atoms with Gasteiger partial charge in [-0.25, -0.2) is 11.4 Å². The first kappa shape index (κ1) is 11.4. The van der Waals surface area contributed by atoms with Crippen molar-refractivity contribution < 1.29 is 9.53 Å². The van der Waals surface area contributed by atoms with Crippen molar-refractivity contribution in [2.75, 3.05) is 12.4 Å². The molecule has 3 nitrogen and oxygen atoms in total. The van der Waals surface area contributed by atoms with Crippen LogP contribution >= 0.6 is 15.9 Å². The van der Waals surface area contributed by atoms with E-state index in [1.54, 1.807) is 6.92 Å². The molecular weight excluding hydrogens is 222 g/mol. The van der Waals surface area contributed by atoms with Crippen molar-refractivity contribution in [3.63, 3.8) is 0 Å². The van der Waals surface area contributed by atoms with Crippen LogP contribution in [0.2, 0.25) is 0 Å². The lowest BCUT2D eigenvalue weighted by Crippen LogP contribution is -2.32. The Kier molecular flexibility index (Phi) is 4.91. The average molecular weight is 234 g/mol. The highest BCUT2D eigenvalue weighted by Gasteiger charge is 2.40. The Morgan fingerprint density at radius 2 is 2.33 bits per heavy atom. The standard InChI is InChI=1S/C8H12BrNO2/c1-8(10-2,5-4-6-9)7(11)12-3/h4-6H2,1,3H3/t8-/m1/s1. The predicted octanol–water partition coefficient (Wildman–Crippen LogP) is 2.01. The summed E-state index contributed by atoms with van der Waals surface area (Å²) in [5, 5.41) is 0.801. The van der Waals surface area contributed by atoms with Crippen LogP contribution < -0.4 is 0 Å². The van der Waals surface area contributed by atoms with Gasteiger partial charge in [0.2, 0.25) is 0 Å². The van der Waals surface area contributed by atoms with E-state index in [0.29, 0.717) is 6.42 Å². The van der Waals surface area contributed by atoms with Crippen LogP contribution in [-0.4, -0.2) is 23.9 Å². The van der Waals surface area contributed by atoms with E-state index in [9.17, 15) is 4.79 Å². The molecule has 1 atom stereocenters. The second-order valence-electron chi connectivity index (χ2n) is 2.67. The molecule has 0 aliphatic carbocycles. The number of carbonyl (C=O) groups excluding carboxylic acids is 1. The quantitative estimate of drug-likeness (QED) is 0.423. The number of rotatable bonds is 4. The molecule has 0 N–H and O–H groups in total. The van der Waals surface area contributed by atoms with E-state index in [4.69, 9.17) is 6.57 Å². The molecule has 68 valence electrons. The lowest BCUT2D eigenvalue weighted by atomic mass is 9.98. The van der Waals surface area contributed by atoms with Crippen LogP contribution in [0.25, 0.3) is 4.85 Å². The van der Waals surface area contributed by atoms with Crippen LogP contribution in [0.5, 0.6) is 0 Å². The van der Waals surface area contributed by atoms with Crippen LogP contribution in [0, 0.1) is 6.57 Å². The SMILES string of the molecule is [C-]#[N+][C@](C)(CCCBr)C(=O)OC. The number of esters is 1. The van der Waals surface area contributed by atoms with Gasteiger partial charge in [0.25, 0.3) is 0 Å². The van der Waals surface area contributed by atoms with Crippen LogP contribution in [0.1, 0.15) is 19.8 Å². The molecule has 0 spiro atoms. The summed E-state index contributed by atoms with van der Waals surface area (Å²) in [6.45, 7) is 8.48. The Labute approximate surface area is 81.0 Å². The van der Waals surface area contributed by atoms with Gasteiger partial charge in [-0.2, -0.15) is 0 Å². The summed E-state index contributed by atoms with van der Waals surface area (Å²) in [4.78, 5) is 14.4. The van der Waals surface area contributed by atoms with Gasteiger partial charge < -0.3 is 4.74 Å². The summed E-state index contributed by atoms with van der Waals surface area (Å²) in [7, 11) is 1.31. The van der Waals surface area contributed by atoms with E-state index in [1.165, 1.54) is 7.11 Å². The minimum absolute atomic E-state index is 0.446. The highest BCUT2D eigenvalue weighted by Crippen LogP contribution is 2.19. The molecule has 0 rings (SSSR count). The van der Waals surface area contributed by atoms with E-state index in [2.05, 4.69) is 25.5 Å². The van der Waals surface area contributed by atoms with Crippen molar-refractivity contribution >= 4 is 21.9 Å². The Morgan fingerprint density at radius 1 is 1.75 bits per heavy atom. The first-order chi connectivity index (χ1) is 5.60. The smallest absolute Gasteiger partial charge is 0.392 e. The summed E-state index contributed by atoms with van der Waals surface area (Å²) in [6, 6.07) is 0. The topological polar surface area (TPSA) is 30.7 Å². The molecule has 0 unspecified atom stereocenters. The molecule has 0 aromatic rings. The highest BCUT2D eigenvalue weighted by atomic mass is 79.9. The van der Waals surface area contributed by atoms with Crippen molar-refractivity contribution in [2.24, 2.45) is 0 Å². The molecule has 0 aliphatic heterocycles. The van der Waals surface area contributed by atoms with Crippen molar-refractivity contribution in [3.8, 4) is 0 Å². The maximum atomic E-state index is 11.1. The zero-order valence-corrected chi connectivity index (χ0v) is 8.85. The maximum Gasteiger partial charge on any atom is 0.392 e. The average Bonchev–Trinajstić information content (AvgIpc) is 2.12. The zero-order chi connectivity index (χ0) is 9.61. The molecule has 12 heavy (non-hydrogen) atoms. The molecule has 0 saturated carbocycles. The van der Waals surface area contributed by atoms with Gasteiger partial charge in [0, 0.05) is 18.7 Å². The molecule has 0 heterocycles. The first-order valence-electron chi connectivity index (χ1n) is 3.63. The number of carbonyl (C=O) groups is 1. The molecule has 0 aliphatic rings. The van der Waals surface area contributed by atoms with E-state index in [-0.39, 0.29) is 0 Å². The van der Waals surface area contributed by atoms with Gasteiger partial charge in [-0.05, 0) is 6.42 Å². The van der Waals surface area contributed by atoms with Crippen LogP contribution in [0.15, 0.2) is 0 Å². The van der Waals surface area contributed by atoms with Gasteiger partial charge in [-0.15, -0.1) is 0 Å². The minimum atomic E-state index is -0.998. The minimum Gasteiger partial charge on any atom is -0.463 e. The normalized spacial score (nSPS) is 14.5. The molecule has 0 radical (unpaired) electrons. The summed E-state index contributed by atoms with van der Waals surface area (Å²) < 4.78 is 4.54. The van der Waals surface area contributed by atoms with Crippen LogP contribution in [-0.2, 0) is 9.53 Å². The van der Waals surface area contributed by atoms with Gasteiger partial charge in [0.15, 0.2) is 0 Å². The third kappa shape index (κ3) is 2.82. The molecule has 0 fully saturated rings. The maximum absolute atomic E-state index is 11.1. The fourth-order valence-electron chi connectivity index (χ4n) is 0.835. The second kappa shape index (κ2) is 5.15. The zero-order valence-electron chi connectivity index (χ0n) is 7.26. The van der Waals surface area contributed by atoms with Crippen molar-refractivity contribution in [2.45, 2.75) is 25.3 Å². The number of nitrogens with zero attached hydrogens (tertiary/aromatic N) is 1. The highest BCUT2D eigenvalue weighted by molar-refractivity contribution is 9.09. The molecule has 0 aromatic carbocycles. The van der Waals surface area contributed by atoms with Gasteiger partial charge in [-0.1, -0.05) is 15.9 Å². The molecule has 4 heteroatoms. The van der Waals surface area contributed by atoms with Gasteiger partial charge in [0.05, 0.1) is 7.11 Å². The second-order valence-corrected chi connectivity index (χ2v) is 3.46. The third-order valence-electron chi connectivity index (χ3n) is 1.67. The van der Waals surface area contributed by atoms with E-state index in [1.807, 2.05) is 0 Å². The van der Waals surface area contributed by atoms with Crippen molar-refractivity contribution in [1.82, 2.24) is 0 Å². The summed E-state index contributed by atoms with van der Waals surface area (Å²) >= 11 is 3.25. The predicted molar refractivity (Wildman–Crippen MR) is 50.1 cm³/mol. The fraction of sp³-hybridized carbons (Fsp3) is 0.750. The third-order valence-corrected chi connectivity index (χ3v) is 2.23. The van der Waals surface area contributed by atoms with E-state index >= 15 is 0 Å². The Bertz CT molecular complexity index is 200. The van der Waals surface area contributed by atoms with Gasteiger partial charge >= 0.3 is 11.5 Å². The fourth-order valence-corrected chi connectivity index (χ4v) is 1.11. The number of methoxy groups -OCH3 is 1. The van der Waals surface area contributed by atoms with Gasteiger partial charge in [0.1, 0.15) is 0 Å². The summed E-state index contributed by atoms with van der Waals surface area (Å²) in [6.07, 6.45) is 1.34. The number of hydrogen-bond donors (Lipinski definition) is 0. The Morgan fingerprint density at radius 3 is 2.67 bits per heavy atom. The number of ether oxygens (including phenoxy) is 1. The van der Waals surface area contributed by atoms with E-state index in [0.717, 1.165) is 11.8 Å². The summed E-state index contributed by atoms with van der Waals surface area (Å²) in [5.74, 6) is -0.446. The van der Waals surface area contributed by atoms with Crippen molar-refractivity contribution in [1.29, 1.82) is 0 Å². The van der Waals surface area contributed by atoms with Gasteiger partial charge in [-0.3, -0.25) is 4.85 Å². The molecule has 0 amide bonds. The van der Waals surface area contributed by atoms with Crippen molar-refractivity contribution in [3.05, 3.63) is 11.4 Å². The summed E-state index contributed by atoms with van der Waals surface area (Å²) in [5.41, 5.74) is -0.998. The first-order valence-corrected chi connectivity index (χ1v) is 4.76.